The Kier molecular flexibility index (Phi) is 5.63. The number of imide groups is 1. The smallest absolute Gasteiger partial charge is 0.375 e. The third-order valence-electron chi connectivity index (χ3n) is 4.59. The molecule has 0 radical (unpaired) electrons. The van der Waals surface area contributed by atoms with Crippen molar-refractivity contribution in [3.8, 4) is 0 Å². The molecule has 2 aromatic carbocycles. The molecule has 7 heteroatoms. The van der Waals surface area contributed by atoms with Crippen molar-refractivity contribution >= 4 is 39.6 Å². The normalized spacial score (nSPS) is 12.0. The number of hydrogen-bond acceptors (Lipinski definition) is 5. The average molecular weight is 382 g/mol. The summed E-state index contributed by atoms with van der Waals surface area (Å²) < 4.78 is 10.8. The number of furan rings is 1. The maximum Gasteiger partial charge on any atom is 0.375 e. The highest BCUT2D eigenvalue weighted by atomic mass is 16.5. The molecule has 0 spiro atoms. The van der Waals surface area contributed by atoms with Crippen molar-refractivity contribution in [3.05, 3.63) is 47.7 Å². The number of hydrogen-bond donors (Lipinski definition) is 2. The maximum absolute atomic E-state index is 12.4. The zero-order chi connectivity index (χ0) is 20.3. The van der Waals surface area contributed by atoms with E-state index in [0.29, 0.717) is 11.1 Å². The highest BCUT2D eigenvalue weighted by Crippen LogP contribution is 2.31. The highest BCUT2D eigenvalue weighted by Gasteiger charge is 2.21. The van der Waals surface area contributed by atoms with Gasteiger partial charge in [0.1, 0.15) is 5.58 Å². The number of carbonyl (C=O) groups is 3. The van der Waals surface area contributed by atoms with Crippen molar-refractivity contribution in [1.82, 2.24) is 10.6 Å². The number of aryl methyl sites for hydroxylation is 1. The zero-order valence-electron chi connectivity index (χ0n) is 16.0. The number of amides is 3. The van der Waals surface area contributed by atoms with Crippen LogP contribution in [0.4, 0.5) is 4.79 Å². The third-order valence-corrected chi connectivity index (χ3v) is 4.59. The second kappa shape index (κ2) is 8.12. The lowest BCUT2D eigenvalue weighted by Crippen LogP contribution is -2.44. The lowest BCUT2D eigenvalue weighted by atomic mass is 10.1. The Labute approximate surface area is 162 Å². The number of carbonyl (C=O) groups excluding carboxylic acids is 3. The van der Waals surface area contributed by atoms with Crippen molar-refractivity contribution in [2.75, 3.05) is 6.61 Å². The van der Waals surface area contributed by atoms with Crippen LogP contribution in [0.5, 0.6) is 0 Å². The van der Waals surface area contributed by atoms with E-state index in [-0.39, 0.29) is 11.8 Å². The average Bonchev–Trinajstić information content (AvgIpc) is 3.03. The van der Waals surface area contributed by atoms with Gasteiger partial charge in [-0.25, -0.2) is 9.59 Å². The minimum Gasteiger partial charge on any atom is -0.450 e. The molecule has 0 saturated carbocycles. The van der Waals surface area contributed by atoms with Crippen LogP contribution in [-0.2, 0) is 9.53 Å². The second-order valence-electron chi connectivity index (χ2n) is 6.63. The van der Waals surface area contributed by atoms with Gasteiger partial charge >= 0.3 is 12.0 Å². The van der Waals surface area contributed by atoms with E-state index in [1.165, 1.54) is 0 Å². The van der Waals surface area contributed by atoms with Crippen molar-refractivity contribution < 1.29 is 23.5 Å². The first-order chi connectivity index (χ1) is 13.4. The number of fused-ring (bicyclic) bond motifs is 3. The molecular formula is C21H22N2O5. The van der Waals surface area contributed by atoms with Gasteiger partial charge < -0.3 is 14.5 Å². The lowest BCUT2D eigenvalue weighted by molar-refractivity contribution is -0.123. The van der Waals surface area contributed by atoms with Crippen LogP contribution in [0, 0.1) is 6.92 Å². The first kappa shape index (κ1) is 19.4. The Morgan fingerprint density at radius 2 is 1.86 bits per heavy atom. The molecular weight excluding hydrogens is 360 g/mol. The molecule has 28 heavy (non-hydrogen) atoms. The molecule has 1 heterocycles. The van der Waals surface area contributed by atoms with Gasteiger partial charge in [0.05, 0.1) is 0 Å². The quantitative estimate of drug-likeness (QED) is 0.656. The van der Waals surface area contributed by atoms with Gasteiger partial charge in [0, 0.05) is 22.4 Å². The Bertz CT molecular complexity index is 1050. The molecule has 0 saturated heterocycles. The van der Waals surface area contributed by atoms with Crippen LogP contribution in [0.15, 0.2) is 40.8 Å². The Balaban J connectivity index is 1.70. The van der Waals surface area contributed by atoms with Gasteiger partial charge in [-0.3, -0.25) is 10.1 Å². The molecule has 0 aliphatic rings. The Morgan fingerprint density at radius 1 is 1.11 bits per heavy atom. The van der Waals surface area contributed by atoms with Gasteiger partial charge in [0.2, 0.25) is 5.76 Å². The molecule has 146 valence electrons. The van der Waals surface area contributed by atoms with Gasteiger partial charge in [0.15, 0.2) is 6.61 Å². The van der Waals surface area contributed by atoms with Crippen LogP contribution >= 0.6 is 0 Å². The fourth-order valence-corrected chi connectivity index (χ4v) is 2.87. The van der Waals surface area contributed by atoms with Gasteiger partial charge in [-0.15, -0.1) is 0 Å². The molecule has 0 aliphatic heterocycles. The van der Waals surface area contributed by atoms with Crippen molar-refractivity contribution in [1.29, 1.82) is 0 Å². The summed E-state index contributed by atoms with van der Waals surface area (Å²) in [4.78, 5) is 35.8. The molecule has 0 fully saturated rings. The van der Waals surface area contributed by atoms with E-state index in [1.54, 1.807) is 6.92 Å². The third kappa shape index (κ3) is 3.98. The molecule has 0 unspecified atom stereocenters. The Hall–Kier alpha value is -3.35. The molecule has 1 atom stereocenters. The van der Waals surface area contributed by atoms with Gasteiger partial charge in [-0.2, -0.15) is 0 Å². The first-order valence-corrected chi connectivity index (χ1v) is 9.09. The van der Waals surface area contributed by atoms with Crippen LogP contribution in [0.3, 0.4) is 0 Å². The Morgan fingerprint density at radius 3 is 2.61 bits per heavy atom. The molecule has 7 nitrogen and oxygen atoms in total. The maximum atomic E-state index is 12.4. The minimum atomic E-state index is -0.754. The van der Waals surface area contributed by atoms with Gasteiger partial charge in [0.25, 0.3) is 5.91 Å². The van der Waals surface area contributed by atoms with E-state index >= 15 is 0 Å². The number of urea groups is 1. The highest BCUT2D eigenvalue weighted by molar-refractivity contribution is 6.08. The van der Waals surface area contributed by atoms with E-state index in [1.807, 2.05) is 50.2 Å². The SMILES string of the molecule is CC[C@H](C)NC(=O)NC(=O)COC(=O)c1oc2c(ccc3ccccc32)c1C. The van der Waals surface area contributed by atoms with Gasteiger partial charge in [-0.05, 0) is 25.7 Å². The topological polar surface area (TPSA) is 97.6 Å². The van der Waals surface area contributed by atoms with E-state index < -0.39 is 24.5 Å². The summed E-state index contributed by atoms with van der Waals surface area (Å²) in [5.74, 6) is -1.42. The zero-order valence-corrected chi connectivity index (χ0v) is 16.0. The summed E-state index contributed by atoms with van der Waals surface area (Å²) in [5.41, 5.74) is 1.24. The standard InChI is InChI=1S/C21H22N2O5/c1-4-12(2)22-21(26)23-17(24)11-27-20(25)18-13(3)15-10-9-14-7-5-6-8-16(14)19(15)28-18/h5-10,12H,4,11H2,1-3H3,(H2,22,23,24,26)/t12-/m0/s1. The number of esters is 1. The van der Waals surface area contributed by atoms with Crippen LogP contribution in [0.25, 0.3) is 21.7 Å². The molecule has 0 bridgehead atoms. The lowest BCUT2D eigenvalue weighted by Gasteiger charge is -2.11. The summed E-state index contributed by atoms with van der Waals surface area (Å²) in [7, 11) is 0. The van der Waals surface area contributed by atoms with Crippen LogP contribution < -0.4 is 10.6 Å². The second-order valence-corrected chi connectivity index (χ2v) is 6.63. The number of ether oxygens (including phenoxy) is 1. The van der Waals surface area contributed by atoms with E-state index in [2.05, 4.69) is 10.6 Å². The van der Waals surface area contributed by atoms with Crippen LogP contribution in [0.2, 0.25) is 0 Å². The first-order valence-electron chi connectivity index (χ1n) is 9.09. The molecule has 0 aliphatic carbocycles. The van der Waals surface area contributed by atoms with Crippen molar-refractivity contribution in [2.24, 2.45) is 0 Å². The predicted molar refractivity (Wildman–Crippen MR) is 105 cm³/mol. The summed E-state index contributed by atoms with van der Waals surface area (Å²) in [5, 5.41) is 7.41. The minimum absolute atomic E-state index is 0.0446. The molecule has 2 N–H and O–H groups in total. The summed E-state index contributed by atoms with van der Waals surface area (Å²) in [6.07, 6.45) is 0.733. The number of nitrogens with one attached hydrogen (secondary N) is 2. The number of rotatable bonds is 5. The van der Waals surface area contributed by atoms with Crippen molar-refractivity contribution in [2.45, 2.75) is 33.2 Å². The van der Waals surface area contributed by atoms with Gasteiger partial charge in [-0.1, -0.05) is 43.3 Å². The predicted octanol–water partition coefficient (Wildman–Crippen LogP) is 3.68. The molecule has 1 aromatic heterocycles. The monoisotopic (exact) mass is 382 g/mol. The largest absolute Gasteiger partial charge is 0.450 e. The van der Waals surface area contributed by atoms with Crippen LogP contribution in [0.1, 0.15) is 36.4 Å². The van der Waals surface area contributed by atoms with Crippen molar-refractivity contribution in [3.63, 3.8) is 0 Å². The van der Waals surface area contributed by atoms with E-state index in [9.17, 15) is 14.4 Å². The molecule has 3 amide bonds. The number of benzene rings is 2. The van der Waals surface area contributed by atoms with E-state index in [4.69, 9.17) is 9.15 Å². The molecule has 3 rings (SSSR count). The fraction of sp³-hybridized carbons (Fsp3) is 0.286. The fourth-order valence-electron chi connectivity index (χ4n) is 2.87. The summed E-state index contributed by atoms with van der Waals surface area (Å²) in [6.45, 7) is 4.91. The summed E-state index contributed by atoms with van der Waals surface area (Å²) in [6, 6.07) is 10.8. The van der Waals surface area contributed by atoms with E-state index in [0.717, 1.165) is 22.6 Å². The molecule has 3 aromatic rings. The summed E-state index contributed by atoms with van der Waals surface area (Å²) >= 11 is 0. The van der Waals surface area contributed by atoms with Crippen LogP contribution in [-0.4, -0.2) is 30.6 Å².